The minimum absolute atomic E-state index is 0.0397. The number of alkyl carbamates (subject to hydrolysis) is 1. The summed E-state index contributed by atoms with van der Waals surface area (Å²) in [5.41, 5.74) is 0.829. The van der Waals surface area contributed by atoms with E-state index >= 15 is 0 Å². The quantitative estimate of drug-likeness (QED) is 0.271. The molecule has 9 nitrogen and oxygen atoms in total. The first-order valence-corrected chi connectivity index (χ1v) is 13.0. The van der Waals surface area contributed by atoms with Crippen LogP contribution in [-0.4, -0.2) is 58.4 Å². The molecule has 2 rings (SSSR count). The number of amides is 1. The average Bonchev–Trinajstić information content (AvgIpc) is 2.85. The molecule has 0 aliphatic carbocycles. The van der Waals surface area contributed by atoms with Crippen molar-refractivity contribution < 1.29 is 37.0 Å². The van der Waals surface area contributed by atoms with Crippen LogP contribution in [0.1, 0.15) is 32.3 Å². The number of ketones is 1. The zero-order valence-corrected chi connectivity index (χ0v) is 20.9. The van der Waals surface area contributed by atoms with Crippen molar-refractivity contribution in [3.8, 4) is 0 Å². The molecule has 0 heterocycles. The second kappa shape index (κ2) is 15.3. The molecule has 0 radical (unpaired) electrons. The van der Waals surface area contributed by atoms with Gasteiger partial charge in [-0.3, -0.25) is 4.79 Å². The fourth-order valence-corrected chi connectivity index (χ4v) is 4.38. The molecular weight excluding hydrogens is 474 g/mol. The summed E-state index contributed by atoms with van der Waals surface area (Å²) in [5.74, 6) is -1.07. The lowest BCUT2D eigenvalue weighted by Crippen LogP contribution is -2.39. The molecule has 0 bridgehead atoms. The van der Waals surface area contributed by atoms with Gasteiger partial charge in [-0.2, -0.15) is 0 Å². The number of carbonyl (C=O) groups excluding carboxylic acids is 2. The third kappa shape index (κ3) is 11.5. The molecule has 0 saturated carbocycles. The van der Waals surface area contributed by atoms with Gasteiger partial charge in [0.1, 0.15) is 24.9 Å². The predicted octanol–water partition coefficient (Wildman–Crippen LogP) is 3.48. The van der Waals surface area contributed by atoms with Gasteiger partial charge in [0.2, 0.25) is 0 Å². The minimum Gasteiger partial charge on any atom is -0.445 e. The van der Waals surface area contributed by atoms with E-state index in [-0.39, 0.29) is 37.7 Å². The SMILES string of the molecule is CCOC(C)OCOC[C@H](CCC(=O)CS(=O)(=O)c1ccccc1)NC(=O)OCc1ccccc1. The summed E-state index contributed by atoms with van der Waals surface area (Å²) in [7, 11) is -3.73. The second-order valence-corrected chi connectivity index (χ2v) is 9.72. The van der Waals surface area contributed by atoms with E-state index in [1.165, 1.54) is 12.1 Å². The highest BCUT2D eigenvalue weighted by Gasteiger charge is 2.21. The van der Waals surface area contributed by atoms with Crippen molar-refractivity contribution in [2.75, 3.05) is 25.8 Å². The highest BCUT2D eigenvalue weighted by molar-refractivity contribution is 7.92. The van der Waals surface area contributed by atoms with Gasteiger partial charge in [-0.1, -0.05) is 48.5 Å². The third-order valence-electron chi connectivity index (χ3n) is 4.87. The first kappa shape index (κ1) is 28.4. The molecule has 2 atom stereocenters. The van der Waals surface area contributed by atoms with Crippen LogP contribution in [0.2, 0.25) is 0 Å². The molecule has 10 heteroatoms. The van der Waals surface area contributed by atoms with Gasteiger partial charge in [-0.25, -0.2) is 13.2 Å². The van der Waals surface area contributed by atoms with Crippen molar-refractivity contribution in [3.05, 3.63) is 66.2 Å². The molecule has 0 aliphatic heterocycles. The maximum absolute atomic E-state index is 12.4. The Bertz CT molecular complexity index is 999. The number of nitrogens with one attached hydrogen (secondary N) is 1. The number of ether oxygens (including phenoxy) is 4. The molecular formula is C25H33NO8S. The summed E-state index contributed by atoms with van der Waals surface area (Å²) < 4.78 is 46.2. The summed E-state index contributed by atoms with van der Waals surface area (Å²) in [6.45, 7) is 4.12. The van der Waals surface area contributed by atoms with E-state index in [4.69, 9.17) is 18.9 Å². The Morgan fingerprint density at radius 1 is 0.971 bits per heavy atom. The van der Waals surface area contributed by atoms with Gasteiger partial charge in [0.05, 0.1) is 17.5 Å². The Balaban J connectivity index is 1.88. The van der Waals surface area contributed by atoms with Crippen LogP contribution < -0.4 is 5.32 Å². The maximum Gasteiger partial charge on any atom is 0.407 e. The molecule has 192 valence electrons. The summed E-state index contributed by atoms with van der Waals surface area (Å²) in [6.07, 6.45) is -1.01. The van der Waals surface area contributed by atoms with Gasteiger partial charge in [0.25, 0.3) is 0 Å². The standard InChI is InChI=1S/C25H33NO8S/c1-3-32-20(2)34-19-31-17-22(26-25(28)33-16-21-10-6-4-7-11-21)14-15-23(27)18-35(29,30)24-12-8-5-9-13-24/h4-13,20,22H,3,14-19H2,1-2H3,(H,26,28)/t20?,22-/m0/s1. The number of sulfone groups is 1. The molecule has 0 aromatic heterocycles. The molecule has 2 aromatic rings. The highest BCUT2D eigenvalue weighted by Crippen LogP contribution is 2.12. The van der Waals surface area contributed by atoms with Gasteiger partial charge in [0, 0.05) is 13.0 Å². The number of benzene rings is 2. The van der Waals surface area contributed by atoms with Crippen LogP contribution in [-0.2, 0) is 40.2 Å². The summed E-state index contributed by atoms with van der Waals surface area (Å²) in [4.78, 5) is 24.8. The van der Waals surface area contributed by atoms with E-state index in [0.29, 0.717) is 6.61 Å². The Morgan fingerprint density at radius 2 is 1.63 bits per heavy atom. The van der Waals surface area contributed by atoms with E-state index in [1.807, 2.05) is 37.3 Å². The Labute approximate surface area is 206 Å². The predicted molar refractivity (Wildman–Crippen MR) is 129 cm³/mol. The van der Waals surface area contributed by atoms with Crippen molar-refractivity contribution in [3.63, 3.8) is 0 Å². The van der Waals surface area contributed by atoms with E-state index in [9.17, 15) is 18.0 Å². The molecule has 1 N–H and O–H groups in total. The first-order valence-electron chi connectivity index (χ1n) is 11.4. The van der Waals surface area contributed by atoms with Gasteiger partial charge in [0.15, 0.2) is 16.1 Å². The van der Waals surface area contributed by atoms with Crippen LogP contribution in [0.3, 0.4) is 0 Å². The molecule has 1 amide bonds. The number of hydrogen-bond donors (Lipinski definition) is 1. The molecule has 0 saturated heterocycles. The fraction of sp³-hybridized carbons (Fsp3) is 0.440. The van der Waals surface area contributed by atoms with Crippen LogP contribution in [0.15, 0.2) is 65.6 Å². The van der Waals surface area contributed by atoms with Crippen molar-refractivity contribution in [1.82, 2.24) is 5.32 Å². The van der Waals surface area contributed by atoms with Crippen molar-refractivity contribution in [2.45, 2.75) is 50.5 Å². The molecule has 2 aromatic carbocycles. The molecule has 35 heavy (non-hydrogen) atoms. The van der Waals surface area contributed by atoms with Crippen molar-refractivity contribution in [1.29, 1.82) is 0 Å². The normalized spacial score (nSPS) is 13.1. The summed E-state index contributed by atoms with van der Waals surface area (Å²) in [5, 5.41) is 2.68. The zero-order valence-electron chi connectivity index (χ0n) is 20.1. The lowest BCUT2D eigenvalue weighted by molar-refractivity contribution is -0.185. The largest absolute Gasteiger partial charge is 0.445 e. The third-order valence-corrected chi connectivity index (χ3v) is 6.56. The zero-order chi connectivity index (χ0) is 25.5. The second-order valence-electron chi connectivity index (χ2n) is 7.73. The van der Waals surface area contributed by atoms with E-state index in [2.05, 4.69) is 5.32 Å². The first-order chi connectivity index (χ1) is 16.8. The van der Waals surface area contributed by atoms with Crippen molar-refractivity contribution in [2.24, 2.45) is 0 Å². The Kier molecular flexibility index (Phi) is 12.4. The highest BCUT2D eigenvalue weighted by atomic mass is 32.2. The lowest BCUT2D eigenvalue weighted by atomic mass is 10.1. The van der Waals surface area contributed by atoms with Gasteiger partial charge in [-0.05, 0) is 38.0 Å². The van der Waals surface area contributed by atoms with Gasteiger partial charge < -0.3 is 24.3 Å². The molecule has 0 aliphatic rings. The van der Waals surface area contributed by atoms with Crippen LogP contribution in [0.4, 0.5) is 4.79 Å². The van der Waals surface area contributed by atoms with E-state index in [0.717, 1.165) is 5.56 Å². The van der Waals surface area contributed by atoms with Gasteiger partial charge >= 0.3 is 6.09 Å². The van der Waals surface area contributed by atoms with Gasteiger partial charge in [-0.15, -0.1) is 0 Å². The molecule has 0 spiro atoms. The fourth-order valence-electron chi connectivity index (χ4n) is 3.08. The summed E-state index contributed by atoms with van der Waals surface area (Å²) >= 11 is 0. The molecule has 0 fully saturated rings. The smallest absolute Gasteiger partial charge is 0.407 e. The minimum atomic E-state index is -3.73. The van der Waals surface area contributed by atoms with E-state index < -0.39 is 39.8 Å². The monoisotopic (exact) mass is 507 g/mol. The number of carbonyl (C=O) groups is 2. The summed E-state index contributed by atoms with van der Waals surface area (Å²) in [6, 6.07) is 16.4. The number of Topliss-reactive ketones (excluding diaryl/α,β-unsaturated/α-hetero) is 1. The van der Waals surface area contributed by atoms with Crippen LogP contribution in [0.5, 0.6) is 0 Å². The van der Waals surface area contributed by atoms with E-state index in [1.54, 1.807) is 25.1 Å². The van der Waals surface area contributed by atoms with Crippen LogP contribution in [0, 0.1) is 0 Å². The van der Waals surface area contributed by atoms with Crippen LogP contribution in [0.25, 0.3) is 0 Å². The topological polar surface area (TPSA) is 117 Å². The number of rotatable bonds is 16. The average molecular weight is 508 g/mol. The number of hydrogen-bond acceptors (Lipinski definition) is 8. The van der Waals surface area contributed by atoms with Crippen LogP contribution >= 0.6 is 0 Å². The maximum atomic E-state index is 12.4. The molecule has 1 unspecified atom stereocenters. The van der Waals surface area contributed by atoms with Crippen molar-refractivity contribution >= 4 is 21.7 Å². The lowest BCUT2D eigenvalue weighted by Gasteiger charge is -2.19. The Hall–Kier alpha value is -2.79. The Morgan fingerprint density at radius 3 is 2.29 bits per heavy atom.